The molecule has 1 aromatic heterocycles. The predicted molar refractivity (Wildman–Crippen MR) is 91.4 cm³/mol. The minimum absolute atomic E-state index is 0.254. The van der Waals surface area contributed by atoms with E-state index in [-0.39, 0.29) is 5.82 Å². The van der Waals surface area contributed by atoms with Crippen molar-refractivity contribution >= 4 is 6.29 Å². The van der Waals surface area contributed by atoms with Crippen LogP contribution in [0.3, 0.4) is 0 Å². The van der Waals surface area contributed by atoms with Crippen LogP contribution in [0, 0.1) is 19.7 Å². The Morgan fingerprint density at radius 1 is 1.04 bits per heavy atom. The topological polar surface area (TPSA) is 31.2 Å². The molecule has 0 atom stereocenters. The number of hydrogen-bond donors (Lipinski definition) is 0. The quantitative estimate of drug-likeness (QED) is 0.641. The van der Waals surface area contributed by atoms with Crippen molar-refractivity contribution < 1.29 is 13.9 Å². The molecule has 0 aliphatic heterocycles. The maximum absolute atomic E-state index is 12.9. The van der Waals surface area contributed by atoms with Crippen LogP contribution in [-0.4, -0.2) is 10.9 Å². The van der Waals surface area contributed by atoms with Gasteiger partial charge in [0.25, 0.3) is 0 Å². The number of hydrogen-bond acceptors (Lipinski definition) is 2. The van der Waals surface area contributed by atoms with Gasteiger partial charge in [0, 0.05) is 22.6 Å². The zero-order chi connectivity index (χ0) is 17.1. The Labute approximate surface area is 140 Å². The maximum Gasteiger partial charge on any atom is 0.151 e. The molecule has 0 aliphatic carbocycles. The van der Waals surface area contributed by atoms with Gasteiger partial charge in [0.2, 0.25) is 0 Å². The van der Waals surface area contributed by atoms with E-state index in [1.165, 1.54) is 12.1 Å². The molecule has 24 heavy (non-hydrogen) atoms. The molecule has 0 aliphatic rings. The fourth-order valence-electron chi connectivity index (χ4n) is 2.74. The van der Waals surface area contributed by atoms with Gasteiger partial charge in [0.1, 0.15) is 18.2 Å². The normalized spacial score (nSPS) is 10.6. The number of aromatic nitrogens is 1. The van der Waals surface area contributed by atoms with Crippen LogP contribution < -0.4 is 4.74 Å². The zero-order valence-corrected chi connectivity index (χ0v) is 13.6. The summed E-state index contributed by atoms with van der Waals surface area (Å²) in [7, 11) is 0. The molecule has 3 nitrogen and oxygen atoms in total. The van der Waals surface area contributed by atoms with Crippen molar-refractivity contribution in [3.05, 3.63) is 82.9 Å². The number of halogens is 1. The highest BCUT2D eigenvalue weighted by atomic mass is 19.1. The Morgan fingerprint density at radius 2 is 1.71 bits per heavy atom. The molecule has 122 valence electrons. The van der Waals surface area contributed by atoms with Gasteiger partial charge in [0.15, 0.2) is 6.29 Å². The van der Waals surface area contributed by atoms with E-state index in [0.29, 0.717) is 12.2 Å². The third-order valence-electron chi connectivity index (χ3n) is 4.01. The predicted octanol–water partition coefficient (Wildman–Crippen LogP) is 4.62. The van der Waals surface area contributed by atoms with E-state index in [1.54, 1.807) is 12.1 Å². The Balaban J connectivity index is 1.75. The van der Waals surface area contributed by atoms with Gasteiger partial charge in [-0.15, -0.1) is 0 Å². The molecule has 0 unspecified atom stereocenters. The van der Waals surface area contributed by atoms with Crippen molar-refractivity contribution in [3.63, 3.8) is 0 Å². The van der Waals surface area contributed by atoms with E-state index in [9.17, 15) is 9.18 Å². The first-order valence-corrected chi connectivity index (χ1v) is 7.70. The van der Waals surface area contributed by atoms with Crippen LogP contribution in [0.5, 0.6) is 5.75 Å². The van der Waals surface area contributed by atoms with Crippen molar-refractivity contribution in [1.29, 1.82) is 0 Å². The van der Waals surface area contributed by atoms with Gasteiger partial charge in [-0.25, -0.2) is 4.39 Å². The lowest BCUT2D eigenvalue weighted by Crippen LogP contribution is -2.00. The highest BCUT2D eigenvalue weighted by Gasteiger charge is 2.10. The van der Waals surface area contributed by atoms with E-state index < -0.39 is 0 Å². The lowest BCUT2D eigenvalue weighted by Gasteiger charge is -2.11. The first kappa shape index (κ1) is 16.0. The molecule has 0 spiro atoms. The molecule has 3 aromatic rings. The zero-order valence-electron chi connectivity index (χ0n) is 13.6. The second-order valence-corrected chi connectivity index (χ2v) is 5.69. The summed E-state index contributed by atoms with van der Waals surface area (Å²) in [6, 6.07) is 15.8. The van der Waals surface area contributed by atoms with E-state index in [1.807, 2.05) is 48.7 Å². The highest BCUT2D eigenvalue weighted by molar-refractivity contribution is 5.77. The third kappa shape index (κ3) is 3.23. The third-order valence-corrected chi connectivity index (χ3v) is 4.01. The second kappa shape index (κ2) is 6.71. The van der Waals surface area contributed by atoms with Gasteiger partial charge in [-0.2, -0.15) is 0 Å². The van der Waals surface area contributed by atoms with Gasteiger partial charge >= 0.3 is 0 Å². The summed E-state index contributed by atoms with van der Waals surface area (Å²) < 4.78 is 20.6. The minimum atomic E-state index is -0.254. The molecule has 0 N–H and O–H groups in total. The van der Waals surface area contributed by atoms with Crippen LogP contribution in [-0.2, 0) is 6.61 Å². The summed E-state index contributed by atoms with van der Waals surface area (Å²) in [5.41, 5.74) is 4.52. The Bertz CT molecular complexity index is 849. The van der Waals surface area contributed by atoms with Crippen molar-refractivity contribution in [2.75, 3.05) is 0 Å². The molecule has 1 heterocycles. The number of carbonyl (C=O) groups excluding carboxylic acids is 1. The molecule has 0 radical (unpaired) electrons. The molecule has 0 fully saturated rings. The molecule has 0 bridgehead atoms. The van der Waals surface area contributed by atoms with E-state index >= 15 is 0 Å². The number of aldehydes is 1. The first-order chi connectivity index (χ1) is 11.6. The first-order valence-electron chi connectivity index (χ1n) is 7.70. The number of carbonyl (C=O) groups is 1. The van der Waals surface area contributed by atoms with E-state index in [0.717, 1.165) is 34.7 Å². The van der Waals surface area contributed by atoms with Crippen LogP contribution in [0.1, 0.15) is 27.3 Å². The largest absolute Gasteiger partial charge is 0.489 e. The summed E-state index contributed by atoms with van der Waals surface area (Å²) in [6.07, 6.45) is 0.874. The Kier molecular flexibility index (Phi) is 4.47. The molecule has 0 saturated heterocycles. The number of aryl methyl sites for hydroxylation is 1. The Hall–Kier alpha value is -2.88. The molecule has 4 heteroatoms. The van der Waals surface area contributed by atoms with Crippen LogP contribution in [0.15, 0.2) is 54.6 Å². The molecular formula is C20H18FNO2. The van der Waals surface area contributed by atoms with Gasteiger partial charge < -0.3 is 9.30 Å². The van der Waals surface area contributed by atoms with Gasteiger partial charge in [-0.05, 0) is 61.9 Å². The standard InChI is InChI=1S/C20H18FNO2/c1-14-11-17(12-23)15(2)22(14)19-7-9-20(10-8-19)24-13-16-3-5-18(21)6-4-16/h3-12H,13H2,1-2H3. The van der Waals surface area contributed by atoms with Crippen LogP contribution in [0.25, 0.3) is 5.69 Å². The summed E-state index contributed by atoms with van der Waals surface area (Å²) >= 11 is 0. The fraction of sp³-hybridized carbons (Fsp3) is 0.150. The summed E-state index contributed by atoms with van der Waals surface area (Å²) in [5, 5.41) is 0. The SMILES string of the molecule is Cc1cc(C=O)c(C)n1-c1ccc(OCc2ccc(F)cc2)cc1. The summed E-state index contributed by atoms with van der Waals surface area (Å²) in [5.74, 6) is 0.483. The lowest BCUT2D eigenvalue weighted by molar-refractivity contribution is 0.112. The van der Waals surface area contributed by atoms with Crippen LogP contribution in [0.4, 0.5) is 4.39 Å². The van der Waals surface area contributed by atoms with Crippen molar-refractivity contribution in [1.82, 2.24) is 4.57 Å². The molecule has 0 saturated carbocycles. The average molecular weight is 323 g/mol. The number of rotatable bonds is 5. The van der Waals surface area contributed by atoms with Crippen molar-refractivity contribution in [3.8, 4) is 11.4 Å². The van der Waals surface area contributed by atoms with E-state index in [2.05, 4.69) is 0 Å². The minimum Gasteiger partial charge on any atom is -0.489 e. The monoisotopic (exact) mass is 323 g/mol. The highest BCUT2D eigenvalue weighted by Crippen LogP contribution is 2.22. The molecular weight excluding hydrogens is 305 g/mol. The average Bonchev–Trinajstić information content (AvgIpc) is 2.89. The maximum atomic E-state index is 12.9. The molecule has 3 rings (SSSR count). The van der Waals surface area contributed by atoms with Crippen molar-refractivity contribution in [2.45, 2.75) is 20.5 Å². The van der Waals surface area contributed by atoms with Gasteiger partial charge in [-0.1, -0.05) is 12.1 Å². The molecule has 0 amide bonds. The lowest BCUT2D eigenvalue weighted by atomic mass is 10.2. The smallest absolute Gasteiger partial charge is 0.151 e. The van der Waals surface area contributed by atoms with Crippen LogP contribution >= 0.6 is 0 Å². The second-order valence-electron chi connectivity index (χ2n) is 5.69. The van der Waals surface area contributed by atoms with E-state index in [4.69, 9.17) is 4.74 Å². The Morgan fingerprint density at radius 3 is 2.29 bits per heavy atom. The van der Waals surface area contributed by atoms with Crippen molar-refractivity contribution in [2.24, 2.45) is 0 Å². The summed E-state index contributed by atoms with van der Waals surface area (Å²) in [4.78, 5) is 11.1. The number of ether oxygens (including phenoxy) is 1. The number of nitrogens with zero attached hydrogens (tertiary/aromatic N) is 1. The molecule has 2 aromatic carbocycles. The number of benzene rings is 2. The van der Waals surface area contributed by atoms with Gasteiger partial charge in [0.05, 0.1) is 0 Å². The van der Waals surface area contributed by atoms with Crippen LogP contribution in [0.2, 0.25) is 0 Å². The summed E-state index contributed by atoms with van der Waals surface area (Å²) in [6.45, 7) is 4.28. The fourth-order valence-corrected chi connectivity index (χ4v) is 2.74. The van der Waals surface area contributed by atoms with Gasteiger partial charge in [-0.3, -0.25) is 4.79 Å².